The van der Waals surface area contributed by atoms with Crippen molar-refractivity contribution >= 4 is 17.9 Å². The van der Waals surface area contributed by atoms with Crippen LogP contribution in [-0.2, 0) is 29.0 Å². The number of rotatable bonds is 13. The van der Waals surface area contributed by atoms with E-state index in [2.05, 4.69) is 27.7 Å². The van der Waals surface area contributed by atoms with Gasteiger partial charge in [0.05, 0.1) is 0 Å². The Morgan fingerprint density at radius 1 is 1.17 bits per heavy atom. The van der Waals surface area contributed by atoms with Gasteiger partial charge in [-0.25, -0.2) is 19.0 Å². The fourth-order valence-corrected chi connectivity index (χ4v) is 4.51. The molecule has 1 saturated carbocycles. The Hall–Kier alpha value is -3.20. The molecule has 2 heterocycles. The topological polar surface area (TPSA) is 104 Å². The quantitative estimate of drug-likeness (QED) is 0.357. The molecule has 1 aliphatic heterocycles. The third-order valence-electron chi connectivity index (χ3n) is 6.72. The summed E-state index contributed by atoms with van der Waals surface area (Å²) in [6.45, 7) is 2.43. The van der Waals surface area contributed by atoms with E-state index in [9.17, 15) is 19.1 Å². The highest BCUT2D eigenvalue weighted by Gasteiger charge is 2.30. The lowest BCUT2D eigenvalue weighted by molar-refractivity contribution is -0.139. The fourth-order valence-electron chi connectivity index (χ4n) is 4.51. The minimum Gasteiger partial charge on any atom is -0.480 e. The van der Waals surface area contributed by atoms with Gasteiger partial charge in [-0.1, -0.05) is 18.2 Å². The van der Waals surface area contributed by atoms with Gasteiger partial charge >= 0.3 is 12.1 Å². The molecule has 0 unspecified atom stereocenters. The van der Waals surface area contributed by atoms with E-state index in [1.807, 2.05) is 0 Å². The largest absolute Gasteiger partial charge is 0.480 e. The number of hydrogen-bond acceptors (Lipinski definition) is 6. The van der Waals surface area contributed by atoms with Crippen molar-refractivity contribution in [3.63, 3.8) is 0 Å². The normalized spacial score (nSPS) is 15.6. The molecular weight excluding hydrogens is 463 g/mol. The van der Waals surface area contributed by atoms with Crippen LogP contribution < -0.4 is 10.6 Å². The Labute approximate surface area is 211 Å². The van der Waals surface area contributed by atoms with Crippen LogP contribution in [0.4, 0.5) is 15.0 Å². The summed E-state index contributed by atoms with van der Waals surface area (Å²) in [4.78, 5) is 31.0. The van der Waals surface area contributed by atoms with E-state index in [4.69, 9.17) is 9.72 Å². The average molecular weight is 499 g/mol. The van der Waals surface area contributed by atoms with Crippen LogP contribution in [0.2, 0.25) is 0 Å². The van der Waals surface area contributed by atoms with Crippen LogP contribution in [0, 0.1) is 5.82 Å². The molecular formula is C27H35FN4O4. The van der Waals surface area contributed by atoms with Crippen LogP contribution >= 0.6 is 0 Å². The first-order valence-corrected chi connectivity index (χ1v) is 12.8. The Morgan fingerprint density at radius 3 is 2.72 bits per heavy atom. The maximum absolute atomic E-state index is 13.0. The number of nitrogens with one attached hydrogen (secondary N) is 2. The lowest BCUT2D eigenvalue weighted by Crippen LogP contribution is -2.43. The van der Waals surface area contributed by atoms with Crippen molar-refractivity contribution in [2.24, 2.45) is 0 Å². The number of benzene rings is 1. The third kappa shape index (κ3) is 7.91. The monoisotopic (exact) mass is 498 g/mol. The molecule has 0 bridgehead atoms. The lowest BCUT2D eigenvalue weighted by atomic mass is 10.1. The van der Waals surface area contributed by atoms with Gasteiger partial charge in [0.2, 0.25) is 0 Å². The van der Waals surface area contributed by atoms with E-state index in [1.165, 1.54) is 29.8 Å². The number of aryl methyl sites for hydroxylation is 2. The number of hydrogen-bond donors (Lipinski definition) is 3. The Kier molecular flexibility index (Phi) is 9.11. The molecule has 1 aromatic carbocycles. The first-order valence-electron chi connectivity index (χ1n) is 12.8. The zero-order valence-electron chi connectivity index (χ0n) is 20.5. The summed E-state index contributed by atoms with van der Waals surface area (Å²) in [5.74, 6) is -0.430. The van der Waals surface area contributed by atoms with E-state index in [1.54, 1.807) is 0 Å². The first kappa shape index (κ1) is 25.9. The molecule has 1 aromatic heterocycles. The van der Waals surface area contributed by atoms with Gasteiger partial charge in [0.25, 0.3) is 0 Å². The number of aliphatic carboxylic acids is 1. The Bertz CT molecular complexity index is 1030. The standard InChI is InChI=1S/C27H35FN4O4/c28-21-9-6-19(7-10-21)18-36-27(35)31-24(26(33)34)14-17-32(23-12-13-23)16-2-1-5-22-11-8-20-4-3-15-29-25(20)30-22/h6-11,23-24H,1-5,12-18H2,(H,29,30)(H,31,35)(H,33,34)/t24-/m0/s1. The Balaban J connectivity index is 1.18. The SMILES string of the molecule is O=C(N[C@@H](CCN(CCCCc1ccc2c(n1)NCCC2)C1CC1)C(=O)O)OCc1ccc(F)cc1. The molecule has 0 saturated heterocycles. The number of ether oxygens (including phenoxy) is 1. The average Bonchev–Trinajstić information content (AvgIpc) is 3.72. The number of halogens is 1. The summed E-state index contributed by atoms with van der Waals surface area (Å²) in [5, 5.41) is 15.4. The summed E-state index contributed by atoms with van der Waals surface area (Å²) in [6.07, 6.45) is 6.95. The van der Waals surface area contributed by atoms with Crippen molar-refractivity contribution < 1.29 is 23.8 Å². The van der Waals surface area contributed by atoms with Crippen molar-refractivity contribution in [1.82, 2.24) is 15.2 Å². The molecule has 36 heavy (non-hydrogen) atoms. The minimum atomic E-state index is -1.09. The zero-order valence-corrected chi connectivity index (χ0v) is 20.5. The molecule has 3 N–H and O–H groups in total. The number of unbranched alkanes of at least 4 members (excludes halogenated alkanes) is 1. The number of carboxylic acid groups (broad SMARTS) is 1. The summed E-state index contributed by atoms with van der Waals surface area (Å²) < 4.78 is 18.1. The molecule has 8 nitrogen and oxygen atoms in total. The molecule has 1 aliphatic carbocycles. The highest BCUT2D eigenvalue weighted by atomic mass is 19.1. The number of carboxylic acids is 1. The number of fused-ring (bicyclic) bond motifs is 1. The smallest absolute Gasteiger partial charge is 0.408 e. The van der Waals surface area contributed by atoms with Crippen molar-refractivity contribution in [1.29, 1.82) is 0 Å². The van der Waals surface area contributed by atoms with Crippen LogP contribution in [0.1, 0.15) is 55.3 Å². The maximum Gasteiger partial charge on any atom is 0.408 e. The van der Waals surface area contributed by atoms with Gasteiger partial charge in [-0.05, 0) is 87.2 Å². The maximum atomic E-state index is 13.0. The van der Waals surface area contributed by atoms with Crippen LogP contribution in [0.5, 0.6) is 0 Å². The van der Waals surface area contributed by atoms with E-state index < -0.39 is 18.1 Å². The second-order valence-electron chi connectivity index (χ2n) is 9.59. The third-order valence-corrected chi connectivity index (χ3v) is 6.72. The second-order valence-corrected chi connectivity index (χ2v) is 9.59. The van der Waals surface area contributed by atoms with E-state index in [0.717, 1.165) is 69.5 Å². The summed E-state index contributed by atoms with van der Waals surface area (Å²) >= 11 is 0. The van der Waals surface area contributed by atoms with Crippen LogP contribution in [0.15, 0.2) is 36.4 Å². The van der Waals surface area contributed by atoms with Crippen LogP contribution in [-0.4, -0.2) is 58.8 Å². The number of anilines is 1. The van der Waals surface area contributed by atoms with Gasteiger partial charge < -0.3 is 25.4 Å². The zero-order chi connectivity index (χ0) is 25.3. The second kappa shape index (κ2) is 12.7. The van der Waals surface area contributed by atoms with Crippen molar-refractivity contribution in [2.45, 2.75) is 70.1 Å². The van der Waals surface area contributed by atoms with Gasteiger partial charge in [-0.2, -0.15) is 0 Å². The number of alkyl carbamates (subject to hydrolysis) is 1. The number of aromatic nitrogens is 1. The molecule has 4 rings (SSSR count). The van der Waals surface area contributed by atoms with Gasteiger partial charge in [0, 0.05) is 24.8 Å². The minimum absolute atomic E-state index is 0.0538. The molecule has 2 aromatic rings. The predicted molar refractivity (Wildman–Crippen MR) is 134 cm³/mol. The Morgan fingerprint density at radius 2 is 1.97 bits per heavy atom. The molecule has 1 fully saturated rings. The van der Waals surface area contributed by atoms with Crippen molar-refractivity contribution in [3.8, 4) is 0 Å². The van der Waals surface area contributed by atoms with E-state index in [0.29, 0.717) is 24.6 Å². The molecule has 0 radical (unpaired) electrons. The molecule has 194 valence electrons. The van der Waals surface area contributed by atoms with Crippen LogP contribution in [0.3, 0.4) is 0 Å². The van der Waals surface area contributed by atoms with Gasteiger partial charge in [-0.15, -0.1) is 0 Å². The van der Waals surface area contributed by atoms with Crippen LogP contribution in [0.25, 0.3) is 0 Å². The highest BCUT2D eigenvalue weighted by molar-refractivity contribution is 5.79. The van der Waals surface area contributed by atoms with Gasteiger partial charge in [0.15, 0.2) is 0 Å². The summed E-state index contributed by atoms with van der Waals surface area (Å²) in [7, 11) is 0. The first-order chi connectivity index (χ1) is 17.5. The number of amides is 1. The number of carbonyl (C=O) groups is 2. The predicted octanol–water partition coefficient (Wildman–Crippen LogP) is 4.14. The van der Waals surface area contributed by atoms with Gasteiger partial charge in [0.1, 0.15) is 24.3 Å². The van der Waals surface area contributed by atoms with Crippen molar-refractivity contribution in [2.75, 3.05) is 25.0 Å². The fraction of sp³-hybridized carbons (Fsp3) is 0.519. The molecule has 2 aliphatic rings. The summed E-state index contributed by atoms with van der Waals surface area (Å²) in [6, 6.07) is 9.38. The molecule has 1 amide bonds. The number of nitrogens with zero attached hydrogens (tertiary/aromatic N) is 2. The molecule has 1 atom stereocenters. The van der Waals surface area contributed by atoms with Gasteiger partial charge in [-0.3, -0.25) is 0 Å². The number of pyridine rings is 1. The van der Waals surface area contributed by atoms with E-state index in [-0.39, 0.29) is 12.4 Å². The molecule has 9 heteroatoms. The molecule has 0 spiro atoms. The lowest BCUT2D eigenvalue weighted by Gasteiger charge is -2.24. The van der Waals surface area contributed by atoms with Crippen molar-refractivity contribution in [3.05, 3.63) is 59.0 Å². The summed E-state index contributed by atoms with van der Waals surface area (Å²) in [5.41, 5.74) is 3.03. The number of carbonyl (C=O) groups excluding carboxylic acids is 1. The van der Waals surface area contributed by atoms with E-state index >= 15 is 0 Å². The highest BCUT2D eigenvalue weighted by Crippen LogP contribution is 2.27.